The van der Waals surface area contributed by atoms with Crippen LogP contribution < -0.4 is 0 Å². The molecule has 0 unspecified atom stereocenters. The molecule has 0 saturated carbocycles. The molecule has 0 radical (unpaired) electrons. The highest BCUT2D eigenvalue weighted by Crippen LogP contribution is 2.19. The van der Waals surface area contributed by atoms with Crippen molar-refractivity contribution < 1.29 is 0 Å². The SMILES string of the molecule is CCc1ccc2cc(C(C)C)[nH]c2n1. The first-order chi connectivity index (χ1) is 6.70. The predicted octanol–water partition coefficient (Wildman–Crippen LogP) is 3.25. The third-order valence-corrected chi connectivity index (χ3v) is 2.54. The van der Waals surface area contributed by atoms with E-state index < -0.39 is 0 Å². The number of pyridine rings is 1. The van der Waals surface area contributed by atoms with Crippen molar-refractivity contribution in [2.75, 3.05) is 0 Å². The minimum atomic E-state index is 0.536. The van der Waals surface area contributed by atoms with Gasteiger partial charge in [-0.15, -0.1) is 0 Å². The highest BCUT2D eigenvalue weighted by Gasteiger charge is 2.05. The summed E-state index contributed by atoms with van der Waals surface area (Å²) in [6.45, 7) is 6.50. The molecule has 0 fully saturated rings. The maximum Gasteiger partial charge on any atom is 0.137 e. The number of aromatic nitrogens is 2. The van der Waals surface area contributed by atoms with Crippen LogP contribution >= 0.6 is 0 Å². The van der Waals surface area contributed by atoms with Gasteiger partial charge in [0.1, 0.15) is 5.65 Å². The van der Waals surface area contributed by atoms with Crippen LogP contribution in [0.4, 0.5) is 0 Å². The van der Waals surface area contributed by atoms with E-state index in [0.29, 0.717) is 5.92 Å². The van der Waals surface area contributed by atoms with E-state index in [1.807, 2.05) is 0 Å². The zero-order chi connectivity index (χ0) is 10.1. The van der Waals surface area contributed by atoms with Crippen LogP contribution in [0.1, 0.15) is 38.1 Å². The molecule has 0 spiro atoms. The van der Waals surface area contributed by atoms with Crippen molar-refractivity contribution in [3.63, 3.8) is 0 Å². The Bertz CT molecular complexity index is 441. The molecule has 14 heavy (non-hydrogen) atoms. The van der Waals surface area contributed by atoms with E-state index in [4.69, 9.17) is 0 Å². The maximum absolute atomic E-state index is 4.54. The Hall–Kier alpha value is -1.31. The third kappa shape index (κ3) is 1.52. The lowest BCUT2D eigenvalue weighted by atomic mass is 10.1. The number of nitrogens with one attached hydrogen (secondary N) is 1. The zero-order valence-electron chi connectivity index (χ0n) is 8.96. The van der Waals surface area contributed by atoms with Crippen molar-refractivity contribution in [3.8, 4) is 0 Å². The van der Waals surface area contributed by atoms with Gasteiger partial charge >= 0.3 is 0 Å². The van der Waals surface area contributed by atoms with E-state index in [-0.39, 0.29) is 0 Å². The highest BCUT2D eigenvalue weighted by atomic mass is 14.9. The van der Waals surface area contributed by atoms with E-state index >= 15 is 0 Å². The second-order valence-corrected chi connectivity index (χ2v) is 3.97. The summed E-state index contributed by atoms with van der Waals surface area (Å²) in [4.78, 5) is 7.90. The van der Waals surface area contributed by atoms with Gasteiger partial charge in [0.2, 0.25) is 0 Å². The minimum absolute atomic E-state index is 0.536. The predicted molar refractivity (Wildman–Crippen MR) is 59.6 cm³/mol. The number of fused-ring (bicyclic) bond motifs is 1. The average Bonchev–Trinajstić information content (AvgIpc) is 2.59. The Kier molecular flexibility index (Phi) is 2.28. The molecule has 0 aliphatic carbocycles. The average molecular weight is 188 g/mol. The Morgan fingerprint density at radius 3 is 2.79 bits per heavy atom. The second-order valence-electron chi connectivity index (χ2n) is 3.97. The highest BCUT2D eigenvalue weighted by molar-refractivity contribution is 5.76. The molecule has 0 aliphatic heterocycles. The standard InChI is InChI=1S/C12H16N2/c1-4-10-6-5-9-7-11(8(2)3)14-12(9)13-10/h5-8H,4H2,1-3H3,(H,13,14). The normalized spacial score (nSPS) is 11.4. The summed E-state index contributed by atoms with van der Waals surface area (Å²) in [5.41, 5.74) is 3.43. The molecule has 2 heteroatoms. The number of aryl methyl sites for hydroxylation is 1. The van der Waals surface area contributed by atoms with Crippen LogP contribution in [0.2, 0.25) is 0 Å². The zero-order valence-corrected chi connectivity index (χ0v) is 8.96. The minimum Gasteiger partial charge on any atom is -0.343 e. The van der Waals surface area contributed by atoms with Gasteiger partial charge in [0, 0.05) is 16.8 Å². The Morgan fingerprint density at radius 2 is 2.14 bits per heavy atom. The summed E-state index contributed by atoms with van der Waals surface area (Å²) >= 11 is 0. The Balaban J connectivity index is 2.54. The fourth-order valence-electron chi connectivity index (χ4n) is 1.58. The molecule has 2 nitrogen and oxygen atoms in total. The van der Waals surface area contributed by atoms with Crippen molar-refractivity contribution in [2.45, 2.75) is 33.1 Å². The third-order valence-electron chi connectivity index (χ3n) is 2.54. The van der Waals surface area contributed by atoms with Crippen LogP contribution in [0.3, 0.4) is 0 Å². The monoisotopic (exact) mass is 188 g/mol. The molecule has 0 aromatic carbocycles. The molecule has 0 bridgehead atoms. The van der Waals surface area contributed by atoms with E-state index in [9.17, 15) is 0 Å². The van der Waals surface area contributed by atoms with Gasteiger partial charge in [-0.1, -0.05) is 20.8 Å². The van der Waals surface area contributed by atoms with Crippen molar-refractivity contribution in [1.29, 1.82) is 0 Å². The number of nitrogens with zero attached hydrogens (tertiary/aromatic N) is 1. The molecule has 2 heterocycles. The summed E-state index contributed by atoms with van der Waals surface area (Å²) in [5, 5.41) is 1.21. The molecular formula is C12H16N2. The van der Waals surface area contributed by atoms with Gasteiger partial charge in [0.05, 0.1) is 0 Å². The van der Waals surface area contributed by atoms with Gasteiger partial charge < -0.3 is 4.98 Å². The lowest BCUT2D eigenvalue weighted by molar-refractivity contribution is 0.835. The number of aromatic amines is 1. The molecule has 2 aromatic heterocycles. The molecule has 2 rings (SSSR count). The van der Waals surface area contributed by atoms with Crippen molar-refractivity contribution >= 4 is 11.0 Å². The fourth-order valence-corrected chi connectivity index (χ4v) is 1.58. The molecule has 0 saturated heterocycles. The molecule has 2 aromatic rings. The quantitative estimate of drug-likeness (QED) is 0.770. The largest absolute Gasteiger partial charge is 0.343 e. The first kappa shape index (κ1) is 9.25. The summed E-state index contributed by atoms with van der Waals surface area (Å²) in [5.74, 6) is 0.536. The van der Waals surface area contributed by atoms with E-state index in [2.05, 4.69) is 48.9 Å². The van der Waals surface area contributed by atoms with E-state index in [1.165, 1.54) is 11.1 Å². The molecule has 1 N–H and O–H groups in total. The number of hydrogen-bond acceptors (Lipinski definition) is 1. The fraction of sp³-hybridized carbons (Fsp3) is 0.417. The van der Waals surface area contributed by atoms with Crippen LogP contribution in [0.25, 0.3) is 11.0 Å². The van der Waals surface area contributed by atoms with Gasteiger partial charge in [-0.2, -0.15) is 0 Å². The van der Waals surface area contributed by atoms with E-state index in [0.717, 1.165) is 17.8 Å². The molecule has 0 atom stereocenters. The van der Waals surface area contributed by atoms with Gasteiger partial charge in [-0.3, -0.25) is 0 Å². The lowest BCUT2D eigenvalue weighted by Crippen LogP contribution is -1.88. The van der Waals surface area contributed by atoms with Crippen LogP contribution in [-0.2, 0) is 6.42 Å². The first-order valence-corrected chi connectivity index (χ1v) is 5.19. The molecule has 0 amide bonds. The van der Waals surface area contributed by atoms with Gasteiger partial charge in [-0.25, -0.2) is 4.98 Å². The Labute approximate surface area is 84.4 Å². The second kappa shape index (κ2) is 3.45. The van der Waals surface area contributed by atoms with Gasteiger partial charge in [0.15, 0.2) is 0 Å². The van der Waals surface area contributed by atoms with Crippen molar-refractivity contribution in [3.05, 3.63) is 29.6 Å². The Morgan fingerprint density at radius 1 is 1.36 bits per heavy atom. The van der Waals surface area contributed by atoms with Gasteiger partial charge in [0.25, 0.3) is 0 Å². The van der Waals surface area contributed by atoms with E-state index in [1.54, 1.807) is 0 Å². The maximum atomic E-state index is 4.54. The van der Waals surface area contributed by atoms with Crippen LogP contribution in [-0.4, -0.2) is 9.97 Å². The number of rotatable bonds is 2. The summed E-state index contributed by atoms with van der Waals surface area (Å²) in [7, 11) is 0. The summed E-state index contributed by atoms with van der Waals surface area (Å²) in [6.07, 6.45) is 0.992. The lowest BCUT2D eigenvalue weighted by Gasteiger charge is -1.97. The first-order valence-electron chi connectivity index (χ1n) is 5.19. The van der Waals surface area contributed by atoms with Crippen LogP contribution in [0.15, 0.2) is 18.2 Å². The molecule has 74 valence electrons. The smallest absolute Gasteiger partial charge is 0.137 e. The summed E-state index contributed by atoms with van der Waals surface area (Å²) in [6, 6.07) is 6.43. The topological polar surface area (TPSA) is 28.7 Å². The number of hydrogen-bond donors (Lipinski definition) is 1. The molecular weight excluding hydrogens is 172 g/mol. The van der Waals surface area contributed by atoms with Crippen LogP contribution in [0, 0.1) is 0 Å². The number of H-pyrrole nitrogens is 1. The summed E-state index contributed by atoms with van der Waals surface area (Å²) < 4.78 is 0. The van der Waals surface area contributed by atoms with Crippen molar-refractivity contribution in [2.24, 2.45) is 0 Å². The van der Waals surface area contributed by atoms with Gasteiger partial charge in [-0.05, 0) is 30.5 Å². The van der Waals surface area contributed by atoms with Crippen molar-refractivity contribution in [1.82, 2.24) is 9.97 Å². The molecule has 0 aliphatic rings. The van der Waals surface area contributed by atoms with Crippen LogP contribution in [0.5, 0.6) is 0 Å².